The Morgan fingerprint density at radius 2 is 1.82 bits per heavy atom. The van der Waals surface area contributed by atoms with Gasteiger partial charge in [0.2, 0.25) is 0 Å². The van der Waals surface area contributed by atoms with Crippen molar-refractivity contribution in [2.75, 3.05) is 0 Å². The largest absolute Gasteiger partial charge is 0.481 e. The number of carboxylic acid groups (broad SMARTS) is 1. The zero-order chi connectivity index (χ0) is 17.3. The summed E-state index contributed by atoms with van der Waals surface area (Å²) in [7, 11) is 0. The Morgan fingerprint density at radius 3 is 2.18 bits per heavy atom. The summed E-state index contributed by atoms with van der Waals surface area (Å²) in [5.41, 5.74) is -0.216. The number of hydrogen-bond acceptors (Lipinski definition) is 4. The molecular formula is C16H26N2O3S. The van der Waals surface area contributed by atoms with Crippen LogP contribution in [0.4, 0.5) is 0 Å². The molecule has 2 N–H and O–H groups in total. The fourth-order valence-electron chi connectivity index (χ4n) is 1.95. The fourth-order valence-corrected chi connectivity index (χ4v) is 2.97. The third kappa shape index (κ3) is 4.29. The molecule has 0 spiro atoms. The van der Waals surface area contributed by atoms with E-state index in [2.05, 4.69) is 31.1 Å². The molecule has 1 unspecified atom stereocenters. The van der Waals surface area contributed by atoms with Gasteiger partial charge in [0.15, 0.2) is 0 Å². The second-order valence-corrected chi connectivity index (χ2v) is 8.28. The molecule has 0 aliphatic carbocycles. The first kappa shape index (κ1) is 18.6. The van der Waals surface area contributed by atoms with Crippen molar-refractivity contribution in [3.05, 3.63) is 15.6 Å². The van der Waals surface area contributed by atoms with Crippen molar-refractivity contribution >= 4 is 23.2 Å². The summed E-state index contributed by atoms with van der Waals surface area (Å²) in [4.78, 5) is 28.7. The highest BCUT2D eigenvalue weighted by Crippen LogP contribution is 2.30. The molecule has 1 rings (SSSR count). The van der Waals surface area contributed by atoms with Crippen LogP contribution in [0.3, 0.4) is 0 Å². The number of rotatable bonds is 5. The highest BCUT2D eigenvalue weighted by molar-refractivity contribution is 7.14. The van der Waals surface area contributed by atoms with Crippen LogP contribution in [0, 0.1) is 12.8 Å². The standard InChI is InChI=1S/C16H26N2O3S/c1-9(2)16(7,8-11(19)20)18-13(21)12-10(3)17-14(22-12)15(4,5)6/h9H,8H2,1-7H3,(H,18,21)(H,19,20). The van der Waals surface area contributed by atoms with Gasteiger partial charge >= 0.3 is 5.97 Å². The van der Waals surface area contributed by atoms with E-state index in [0.717, 1.165) is 5.01 Å². The Hall–Kier alpha value is -1.43. The summed E-state index contributed by atoms with van der Waals surface area (Å²) in [6.07, 6.45) is -0.111. The van der Waals surface area contributed by atoms with E-state index in [1.807, 2.05) is 20.8 Å². The van der Waals surface area contributed by atoms with E-state index in [4.69, 9.17) is 5.11 Å². The molecule has 1 atom stereocenters. The molecule has 0 aliphatic rings. The second-order valence-electron chi connectivity index (χ2n) is 7.28. The minimum atomic E-state index is -0.923. The molecule has 0 saturated carbocycles. The molecule has 6 heteroatoms. The Labute approximate surface area is 136 Å². The number of nitrogens with one attached hydrogen (secondary N) is 1. The molecule has 1 aromatic heterocycles. The van der Waals surface area contributed by atoms with E-state index in [1.54, 1.807) is 6.92 Å². The van der Waals surface area contributed by atoms with E-state index >= 15 is 0 Å². The van der Waals surface area contributed by atoms with Gasteiger partial charge in [-0.05, 0) is 19.8 Å². The minimum absolute atomic E-state index is 0.00265. The SMILES string of the molecule is Cc1nc(C(C)(C)C)sc1C(=O)NC(C)(CC(=O)O)C(C)C. The van der Waals surface area contributed by atoms with Crippen LogP contribution in [0.5, 0.6) is 0 Å². The number of carbonyl (C=O) groups excluding carboxylic acids is 1. The lowest BCUT2D eigenvalue weighted by Crippen LogP contribution is -2.51. The molecule has 0 saturated heterocycles. The molecule has 1 heterocycles. The van der Waals surface area contributed by atoms with Gasteiger partial charge < -0.3 is 10.4 Å². The topological polar surface area (TPSA) is 79.3 Å². The van der Waals surface area contributed by atoms with Crippen molar-refractivity contribution < 1.29 is 14.7 Å². The summed E-state index contributed by atoms with van der Waals surface area (Å²) in [5, 5.41) is 12.9. The Bertz CT molecular complexity index is 572. The lowest BCUT2D eigenvalue weighted by atomic mass is 9.85. The summed E-state index contributed by atoms with van der Waals surface area (Å²) in [6.45, 7) is 13.5. The first-order valence-corrected chi connectivity index (χ1v) is 8.20. The number of nitrogens with zero attached hydrogens (tertiary/aromatic N) is 1. The van der Waals surface area contributed by atoms with Gasteiger partial charge in [-0.15, -0.1) is 11.3 Å². The first-order valence-electron chi connectivity index (χ1n) is 7.39. The Morgan fingerprint density at radius 1 is 1.27 bits per heavy atom. The zero-order valence-electron chi connectivity index (χ0n) is 14.4. The number of amides is 1. The summed E-state index contributed by atoms with van der Waals surface area (Å²) in [5.74, 6) is -1.17. The highest BCUT2D eigenvalue weighted by Gasteiger charge is 2.34. The van der Waals surface area contributed by atoms with Crippen molar-refractivity contribution in [3.63, 3.8) is 0 Å². The molecule has 0 bridgehead atoms. The number of thiazole rings is 1. The maximum absolute atomic E-state index is 12.6. The number of aliphatic carboxylic acids is 1. The number of aromatic nitrogens is 1. The molecule has 1 aromatic rings. The van der Waals surface area contributed by atoms with Gasteiger partial charge in [-0.25, -0.2) is 4.98 Å². The number of carboxylic acids is 1. The fraction of sp³-hybridized carbons (Fsp3) is 0.688. The van der Waals surface area contributed by atoms with Crippen molar-refractivity contribution in [1.82, 2.24) is 10.3 Å². The summed E-state index contributed by atoms with van der Waals surface area (Å²) in [6, 6.07) is 0. The summed E-state index contributed by atoms with van der Waals surface area (Å²) < 4.78 is 0. The Balaban J connectivity index is 3.06. The first-order chi connectivity index (χ1) is 9.86. The third-order valence-electron chi connectivity index (χ3n) is 3.84. The van der Waals surface area contributed by atoms with Crippen molar-refractivity contribution in [2.24, 2.45) is 5.92 Å². The van der Waals surface area contributed by atoms with Crippen LogP contribution < -0.4 is 5.32 Å². The van der Waals surface area contributed by atoms with Crippen LogP contribution in [0.1, 0.15) is 68.3 Å². The maximum Gasteiger partial charge on any atom is 0.305 e. The number of aryl methyl sites for hydroxylation is 1. The van der Waals surface area contributed by atoms with E-state index in [1.165, 1.54) is 11.3 Å². The van der Waals surface area contributed by atoms with E-state index in [0.29, 0.717) is 10.6 Å². The maximum atomic E-state index is 12.6. The van der Waals surface area contributed by atoms with Gasteiger partial charge in [0.05, 0.1) is 22.7 Å². The van der Waals surface area contributed by atoms with Crippen LogP contribution in [0.2, 0.25) is 0 Å². The molecule has 0 aromatic carbocycles. The lowest BCUT2D eigenvalue weighted by molar-refractivity contribution is -0.138. The van der Waals surface area contributed by atoms with Crippen LogP contribution in [0.25, 0.3) is 0 Å². The van der Waals surface area contributed by atoms with Crippen molar-refractivity contribution in [3.8, 4) is 0 Å². The third-order valence-corrected chi connectivity index (χ3v) is 5.42. The molecular weight excluding hydrogens is 300 g/mol. The second kappa shape index (κ2) is 6.36. The van der Waals surface area contributed by atoms with E-state index in [-0.39, 0.29) is 23.7 Å². The van der Waals surface area contributed by atoms with Crippen LogP contribution in [0.15, 0.2) is 0 Å². The predicted octanol–water partition coefficient (Wildman–Crippen LogP) is 3.37. The van der Waals surface area contributed by atoms with Gasteiger partial charge in [-0.2, -0.15) is 0 Å². The highest BCUT2D eigenvalue weighted by atomic mass is 32.1. The number of carbonyl (C=O) groups is 2. The summed E-state index contributed by atoms with van der Waals surface area (Å²) >= 11 is 1.38. The van der Waals surface area contributed by atoms with Gasteiger partial charge in [-0.1, -0.05) is 34.6 Å². The van der Waals surface area contributed by atoms with Crippen molar-refractivity contribution in [1.29, 1.82) is 0 Å². The van der Waals surface area contributed by atoms with E-state index < -0.39 is 11.5 Å². The molecule has 0 radical (unpaired) electrons. The predicted molar refractivity (Wildman–Crippen MR) is 88.5 cm³/mol. The normalized spacial score (nSPS) is 14.7. The van der Waals surface area contributed by atoms with Crippen molar-refractivity contribution in [2.45, 2.75) is 65.8 Å². The van der Waals surface area contributed by atoms with Crippen LogP contribution in [-0.2, 0) is 10.2 Å². The van der Waals surface area contributed by atoms with Gasteiger partial charge in [0.25, 0.3) is 5.91 Å². The molecule has 5 nitrogen and oxygen atoms in total. The average Bonchev–Trinajstić information content (AvgIpc) is 2.69. The number of hydrogen-bond donors (Lipinski definition) is 2. The minimum Gasteiger partial charge on any atom is -0.481 e. The van der Waals surface area contributed by atoms with Gasteiger partial charge in [-0.3, -0.25) is 9.59 Å². The molecule has 1 amide bonds. The molecule has 0 fully saturated rings. The Kier molecular flexibility index (Phi) is 5.38. The smallest absolute Gasteiger partial charge is 0.305 e. The molecule has 124 valence electrons. The van der Waals surface area contributed by atoms with Gasteiger partial charge in [0.1, 0.15) is 4.88 Å². The zero-order valence-corrected chi connectivity index (χ0v) is 15.2. The van der Waals surface area contributed by atoms with Crippen LogP contribution in [-0.4, -0.2) is 27.5 Å². The quantitative estimate of drug-likeness (QED) is 0.869. The molecule has 22 heavy (non-hydrogen) atoms. The average molecular weight is 326 g/mol. The molecule has 0 aliphatic heterocycles. The van der Waals surface area contributed by atoms with Crippen LogP contribution >= 0.6 is 11.3 Å². The van der Waals surface area contributed by atoms with E-state index in [9.17, 15) is 9.59 Å². The lowest BCUT2D eigenvalue weighted by Gasteiger charge is -2.33. The monoisotopic (exact) mass is 326 g/mol. The van der Waals surface area contributed by atoms with Gasteiger partial charge in [0, 0.05) is 5.41 Å².